The van der Waals surface area contributed by atoms with Gasteiger partial charge in [-0.05, 0) is 47.8 Å². The van der Waals surface area contributed by atoms with E-state index >= 15 is 0 Å². The van der Waals surface area contributed by atoms with Gasteiger partial charge in [0.05, 0.1) is 5.60 Å². The zero-order chi connectivity index (χ0) is 11.3. The van der Waals surface area contributed by atoms with Crippen LogP contribution < -0.4 is 0 Å². The number of allylic oxidation sites excluding steroid dienone is 1. The lowest BCUT2D eigenvalue weighted by Gasteiger charge is -2.22. The largest absolute Gasteiger partial charge is 0.390 e. The van der Waals surface area contributed by atoms with Gasteiger partial charge in [-0.15, -0.1) is 6.58 Å². The molecule has 0 radical (unpaired) electrons. The van der Waals surface area contributed by atoms with Crippen molar-refractivity contribution in [1.82, 2.24) is 4.98 Å². The first kappa shape index (κ1) is 12.4. The second-order valence-corrected chi connectivity index (χ2v) is 4.88. The maximum absolute atomic E-state index is 10.1. The van der Waals surface area contributed by atoms with Gasteiger partial charge in [-0.25, -0.2) is 0 Å². The summed E-state index contributed by atoms with van der Waals surface area (Å²) >= 11 is 3.33. The van der Waals surface area contributed by atoms with Crippen molar-refractivity contribution in [1.29, 1.82) is 0 Å². The molecule has 0 spiro atoms. The highest BCUT2D eigenvalue weighted by Gasteiger charge is 2.20. The number of hydrogen-bond donors (Lipinski definition) is 1. The van der Waals surface area contributed by atoms with Gasteiger partial charge in [0.2, 0.25) is 0 Å². The quantitative estimate of drug-likeness (QED) is 0.834. The van der Waals surface area contributed by atoms with Crippen LogP contribution in [0.4, 0.5) is 0 Å². The zero-order valence-electron chi connectivity index (χ0n) is 8.91. The van der Waals surface area contributed by atoms with Crippen LogP contribution in [0.15, 0.2) is 35.5 Å². The zero-order valence-corrected chi connectivity index (χ0v) is 10.5. The third kappa shape index (κ3) is 4.58. The molecule has 1 rings (SSSR count). The lowest BCUT2D eigenvalue weighted by atomic mass is 9.94. The number of aromatic nitrogens is 1. The summed E-state index contributed by atoms with van der Waals surface area (Å²) in [5.41, 5.74) is 0.210. The highest BCUT2D eigenvalue weighted by molar-refractivity contribution is 9.10. The van der Waals surface area contributed by atoms with Gasteiger partial charge in [0, 0.05) is 22.8 Å². The van der Waals surface area contributed by atoms with E-state index in [1.165, 1.54) is 0 Å². The molecule has 0 aliphatic heterocycles. The fourth-order valence-corrected chi connectivity index (χ4v) is 1.64. The first-order valence-corrected chi connectivity index (χ1v) is 5.76. The Balaban J connectivity index is 2.59. The molecule has 15 heavy (non-hydrogen) atoms. The molecule has 0 aliphatic carbocycles. The molecule has 3 heteroatoms. The molecule has 1 aromatic heterocycles. The second kappa shape index (κ2) is 5.42. The summed E-state index contributed by atoms with van der Waals surface area (Å²) in [6, 6.07) is 3.86. The van der Waals surface area contributed by atoms with E-state index in [0.29, 0.717) is 12.8 Å². The third-order valence-corrected chi connectivity index (χ3v) is 2.71. The number of aliphatic hydroxyl groups is 1. The van der Waals surface area contributed by atoms with Crippen molar-refractivity contribution in [2.24, 2.45) is 0 Å². The highest BCUT2D eigenvalue weighted by atomic mass is 79.9. The van der Waals surface area contributed by atoms with Crippen LogP contribution in [0.2, 0.25) is 0 Å². The Labute approximate surface area is 99.2 Å². The van der Waals surface area contributed by atoms with E-state index < -0.39 is 5.60 Å². The van der Waals surface area contributed by atoms with Crippen LogP contribution in [0.3, 0.4) is 0 Å². The van der Waals surface area contributed by atoms with Gasteiger partial charge in [-0.2, -0.15) is 0 Å². The molecule has 2 nitrogen and oxygen atoms in total. The molecule has 0 saturated heterocycles. The molecule has 1 unspecified atom stereocenters. The highest BCUT2D eigenvalue weighted by Crippen LogP contribution is 2.18. The fourth-order valence-electron chi connectivity index (χ4n) is 1.40. The predicted molar refractivity (Wildman–Crippen MR) is 65.7 cm³/mol. The van der Waals surface area contributed by atoms with E-state index in [2.05, 4.69) is 27.5 Å². The van der Waals surface area contributed by atoms with Crippen molar-refractivity contribution in [3.05, 3.63) is 41.2 Å². The van der Waals surface area contributed by atoms with Gasteiger partial charge in [-0.1, -0.05) is 6.08 Å². The normalized spacial score (nSPS) is 14.6. The molecule has 0 aliphatic rings. The number of pyridine rings is 1. The summed E-state index contributed by atoms with van der Waals surface area (Å²) in [5.74, 6) is 0. The van der Waals surface area contributed by atoms with Gasteiger partial charge in [-0.3, -0.25) is 4.98 Å². The average Bonchev–Trinajstić information content (AvgIpc) is 2.18. The number of rotatable bonds is 5. The van der Waals surface area contributed by atoms with Gasteiger partial charge in [0.1, 0.15) is 0 Å². The first-order chi connectivity index (χ1) is 7.03. The van der Waals surface area contributed by atoms with Gasteiger partial charge >= 0.3 is 0 Å². The van der Waals surface area contributed by atoms with Crippen LogP contribution in [0.25, 0.3) is 0 Å². The lowest BCUT2D eigenvalue weighted by Crippen LogP contribution is -2.27. The molecule has 1 atom stereocenters. The topological polar surface area (TPSA) is 33.1 Å². The number of nitrogens with zero attached hydrogens (tertiary/aromatic N) is 1. The maximum atomic E-state index is 10.1. The summed E-state index contributed by atoms with van der Waals surface area (Å²) in [5, 5.41) is 10.1. The smallest absolute Gasteiger partial charge is 0.0678 e. The fraction of sp³-hybridized carbons (Fsp3) is 0.417. The van der Waals surface area contributed by atoms with E-state index in [0.717, 1.165) is 16.6 Å². The second-order valence-electron chi connectivity index (χ2n) is 3.97. The first-order valence-electron chi connectivity index (χ1n) is 4.97. The summed E-state index contributed by atoms with van der Waals surface area (Å²) in [6.45, 7) is 5.48. The van der Waals surface area contributed by atoms with Crippen molar-refractivity contribution < 1.29 is 5.11 Å². The molecular formula is C12H16BrNO. The van der Waals surface area contributed by atoms with Crippen molar-refractivity contribution in [2.45, 2.75) is 31.8 Å². The van der Waals surface area contributed by atoms with Crippen molar-refractivity contribution in [2.75, 3.05) is 0 Å². The SMILES string of the molecule is C=CCCC(C)(O)Cc1ccc(Br)cn1. The molecule has 1 heterocycles. The van der Waals surface area contributed by atoms with Gasteiger partial charge < -0.3 is 5.11 Å². The van der Waals surface area contributed by atoms with Crippen molar-refractivity contribution in [3.63, 3.8) is 0 Å². The summed E-state index contributed by atoms with van der Waals surface area (Å²) in [7, 11) is 0. The summed E-state index contributed by atoms with van der Waals surface area (Å²) in [6.07, 6.45) is 5.69. The van der Waals surface area contributed by atoms with Gasteiger partial charge in [0.25, 0.3) is 0 Å². The minimum Gasteiger partial charge on any atom is -0.390 e. The van der Waals surface area contributed by atoms with E-state index in [9.17, 15) is 5.11 Å². The van der Waals surface area contributed by atoms with Crippen LogP contribution in [-0.2, 0) is 6.42 Å². The van der Waals surface area contributed by atoms with E-state index in [1.54, 1.807) is 6.20 Å². The summed E-state index contributed by atoms with van der Waals surface area (Å²) in [4.78, 5) is 4.24. The standard InChI is InChI=1S/C12H16BrNO/c1-3-4-7-12(2,15)8-11-6-5-10(13)9-14-11/h3,5-6,9,15H,1,4,7-8H2,2H3. The van der Waals surface area contributed by atoms with Gasteiger partial charge in [0.15, 0.2) is 0 Å². The molecule has 0 aromatic carbocycles. The monoisotopic (exact) mass is 269 g/mol. The molecule has 1 N–H and O–H groups in total. The Morgan fingerprint density at radius 2 is 2.33 bits per heavy atom. The minimum atomic E-state index is -0.699. The Morgan fingerprint density at radius 3 is 2.87 bits per heavy atom. The molecule has 1 aromatic rings. The Bertz CT molecular complexity index is 319. The van der Waals surface area contributed by atoms with Crippen LogP contribution >= 0.6 is 15.9 Å². The van der Waals surface area contributed by atoms with E-state index in [-0.39, 0.29) is 0 Å². The Kier molecular flexibility index (Phi) is 4.48. The minimum absolute atomic E-state index is 0.578. The lowest BCUT2D eigenvalue weighted by molar-refractivity contribution is 0.0514. The van der Waals surface area contributed by atoms with Crippen LogP contribution in [0.1, 0.15) is 25.5 Å². The summed E-state index contributed by atoms with van der Waals surface area (Å²) < 4.78 is 0.956. The van der Waals surface area contributed by atoms with Crippen LogP contribution in [0, 0.1) is 0 Å². The van der Waals surface area contributed by atoms with E-state index in [4.69, 9.17) is 0 Å². The predicted octanol–water partition coefficient (Wildman–Crippen LogP) is 3.10. The molecule has 0 amide bonds. The Morgan fingerprint density at radius 1 is 1.60 bits per heavy atom. The Hall–Kier alpha value is -0.670. The van der Waals surface area contributed by atoms with Crippen LogP contribution in [0.5, 0.6) is 0 Å². The van der Waals surface area contributed by atoms with Crippen LogP contribution in [-0.4, -0.2) is 15.7 Å². The number of hydrogen-bond acceptors (Lipinski definition) is 2. The molecule has 0 saturated carbocycles. The van der Waals surface area contributed by atoms with Crippen molar-refractivity contribution >= 4 is 15.9 Å². The average molecular weight is 270 g/mol. The molecule has 82 valence electrons. The number of halogens is 1. The molecular weight excluding hydrogens is 254 g/mol. The maximum Gasteiger partial charge on any atom is 0.0678 e. The van der Waals surface area contributed by atoms with Crippen molar-refractivity contribution in [3.8, 4) is 0 Å². The van der Waals surface area contributed by atoms with E-state index in [1.807, 2.05) is 25.1 Å². The molecule has 0 fully saturated rings. The molecule has 0 bridgehead atoms. The third-order valence-electron chi connectivity index (χ3n) is 2.24.